The molecule has 0 saturated carbocycles. The van der Waals surface area contributed by atoms with Crippen molar-refractivity contribution in [3.05, 3.63) is 124 Å². The van der Waals surface area contributed by atoms with Crippen LogP contribution in [-0.2, 0) is 32.6 Å². The third-order valence-electron chi connectivity index (χ3n) is 7.23. The number of likely N-dealkylation sites (N-methyl/N-ethyl adjacent to an activating group) is 1. The lowest BCUT2D eigenvalue weighted by Crippen LogP contribution is -2.53. The van der Waals surface area contributed by atoms with E-state index >= 15 is 0 Å². The Labute approximate surface area is 274 Å². The van der Waals surface area contributed by atoms with E-state index < -0.39 is 28.5 Å². The second-order valence-corrected chi connectivity index (χ2v) is 13.1. The first-order chi connectivity index (χ1) is 21.5. The van der Waals surface area contributed by atoms with Crippen molar-refractivity contribution >= 4 is 50.7 Å². The standard InChI is InChI=1S/C34H35Cl2N3O5S/c1-4-37-34(41)32(20-25-8-6-5-7-9-25)38(22-26-12-13-27(35)21-31(26)36)33(40)23-39(28-14-16-29(44-3)17-15-28)45(42,43)30-18-10-24(2)11-19-30/h5-19,21,32H,4,20,22-23H2,1-3H3,(H,37,41)/t32-/m1/s1. The molecule has 8 nitrogen and oxygen atoms in total. The summed E-state index contributed by atoms with van der Waals surface area (Å²) in [6.07, 6.45) is 0.191. The molecule has 1 atom stereocenters. The number of rotatable bonds is 13. The summed E-state index contributed by atoms with van der Waals surface area (Å²) in [5.41, 5.74) is 2.52. The number of halogens is 2. The second-order valence-electron chi connectivity index (χ2n) is 10.4. The van der Waals surface area contributed by atoms with E-state index in [9.17, 15) is 18.0 Å². The summed E-state index contributed by atoms with van der Waals surface area (Å²) in [6, 6.07) is 26.0. The number of anilines is 1. The van der Waals surface area contributed by atoms with Crippen LogP contribution in [0.1, 0.15) is 23.6 Å². The molecule has 0 aromatic heterocycles. The van der Waals surface area contributed by atoms with Crippen LogP contribution in [0.25, 0.3) is 0 Å². The third-order valence-corrected chi connectivity index (χ3v) is 9.60. The van der Waals surface area contributed by atoms with Gasteiger partial charge in [-0.15, -0.1) is 0 Å². The zero-order chi connectivity index (χ0) is 32.6. The number of benzene rings is 4. The minimum absolute atomic E-state index is 0.0218. The molecule has 4 aromatic rings. The van der Waals surface area contributed by atoms with Gasteiger partial charge in [0.15, 0.2) is 0 Å². The van der Waals surface area contributed by atoms with Gasteiger partial charge in [0.1, 0.15) is 18.3 Å². The SMILES string of the molecule is CCNC(=O)[C@@H](Cc1ccccc1)N(Cc1ccc(Cl)cc1Cl)C(=O)CN(c1ccc(OC)cc1)S(=O)(=O)c1ccc(C)cc1. The number of amides is 2. The van der Waals surface area contributed by atoms with E-state index in [-0.39, 0.29) is 29.5 Å². The van der Waals surface area contributed by atoms with Crippen LogP contribution < -0.4 is 14.4 Å². The van der Waals surface area contributed by atoms with Crippen molar-refractivity contribution in [3.8, 4) is 5.75 Å². The fourth-order valence-electron chi connectivity index (χ4n) is 4.79. The molecule has 0 unspecified atom stereocenters. The quantitative estimate of drug-likeness (QED) is 0.181. The van der Waals surface area contributed by atoms with Gasteiger partial charge in [0, 0.05) is 29.6 Å². The second kappa shape index (κ2) is 15.3. The smallest absolute Gasteiger partial charge is 0.264 e. The Kier molecular flexibility index (Phi) is 11.5. The van der Waals surface area contributed by atoms with Gasteiger partial charge in [0.25, 0.3) is 10.0 Å². The van der Waals surface area contributed by atoms with E-state index in [0.717, 1.165) is 15.4 Å². The molecule has 236 valence electrons. The molecule has 0 heterocycles. The minimum Gasteiger partial charge on any atom is -0.497 e. The first kappa shape index (κ1) is 33.8. The lowest BCUT2D eigenvalue weighted by atomic mass is 10.0. The monoisotopic (exact) mass is 667 g/mol. The van der Waals surface area contributed by atoms with Crippen LogP contribution in [0, 0.1) is 6.92 Å². The number of hydrogen-bond acceptors (Lipinski definition) is 5. The molecule has 11 heteroatoms. The van der Waals surface area contributed by atoms with Crippen molar-refractivity contribution in [2.45, 2.75) is 37.8 Å². The molecule has 2 amide bonds. The highest BCUT2D eigenvalue weighted by molar-refractivity contribution is 7.92. The van der Waals surface area contributed by atoms with Crippen LogP contribution in [0.3, 0.4) is 0 Å². The fourth-order valence-corrected chi connectivity index (χ4v) is 6.68. The minimum atomic E-state index is -4.22. The molecule has 0 radical (unpaired) electrons. The summed E-state index contributed by atoms with van der Waals surface area (Å²) < 4.78 is 34.5. The fraction of sp³-hybridized carbons (Fsp3) is 0.235. The molecule has 0 aliphatic carbocycles. The topological polar surface area (TPSA) is 96.0 Å². The number of methoxy groups -OCH3 is 1. The van der Waals surface area contributed by atoms with E-state index in [4.69, 9.17) is 27.9 Å². The Hall–Kier alpha value is -4.05. The van der Waals surface area contributed by atoms with Gasteiger partial charge in [0.05, 0.1) is 17.7 Å². The molecule has 4 aromatic carbocycles. The number of sulfonamides is 1. The molecular formula is C34H35Cl2N3O5S. The molecule has 0 aliphatic rings. The van der Waals surface area contributed by atoms with E-state index in [1.54, 1.807) is 61.5 Å². The molecule has 4 rings (SSSR count). The summed E-state index contributed by atoms with van der Waals surface area (Å²) in [7, 11) is -2.71. The highest BCUT2D eigenvalue weighted by Gasteiger charge is 2.34. The largest absolute Gasteiger partial charge is 0.497 e. The predicted molar refractivity (Wildman–Crippen MR) is 178 cm³/mol. The van der Waals surface area contributed by atoms with Crippen LogP contribution in [0.4, 0.5) is 5.69 Å². The Bertz CT molecular complexity index is 1720. The van der Waals surface area contributed by atoms with Crippen molar-refractivity contribution in [2.75, 3.05) is 24.5 Å². The zero-order valence-electron chi connectivity index (χ0n) is 25.2. The van der Waals surface area contributed by atoms with Gasteiger partial charge < -0.3 is 15.0 Å². The summed E-state index contributed by atoms with van der Waals surface area (Å²) in [4.78, 5) is 29.5. The van der Waals surface area contributed by atoms with Crippen LogP contribution in [0.15, 0.2) is 102 Å². The van der Waals surface area contributed by atoms with Gasteiger partial charge >= 0.3 is 0 Å². The van der Waals surface area contributed by atoms with E-state index in [1.165, 1.54) is 24.1 Å². The summed E-state index contributed by atoms with van der Waals surface area (Å²) in [5.74, 6) is -0.451. The average molecular weight is 669 g/mol. The lowest BCUT2D eigenvalue weighted by molar-refractivity contribution is -0.140. The number of hydrogen-bond donors (Lipinski definition) is 1. The first-order valence-corrected chi connectivity index (χ1v) is 16.5. The summed E-state index contributed by atoms with van der Waals surface area (Å²) in [6.45, 7) is 3.34. The van der Waals surface area contributed by atoms with Crippen LogP contribution in [0.2, 0.25) is 10.0 Å². The zero-order valence-corrected chi connectivity index (χ0v) is 27.6. The maximum atomic E-state index is 14.5. The van der Waals surface area contributed by atoms with Crippen molar-refractivity contribution in [1.82, 2.24) is 10.2 Å². The van der Waals surface area contributed by atoms with Crippen molar-refractivity contribution in [1.29, 1.82) is 0 Å². The maximum absolute atomic E-state index is 14.5. The van der Waals surface area contributed by atoms with Gasteiger partial charge in [0.2, 0.25) is 11.8 Å². The van der Waals surface area contributed by atoms with Gasteiger partial charge in [-0.25, -0.2) is 8.42 Å². The van der Waals surface area contributed by atoms with Crippen LogP contribution >= 0.6 is 23.2 Å². The highest BCUT2D eigenvalue weighted by Crippen LogP contribution is 2.28. The highest BCUT2D eigenvalue weighted by atomic mass is 35.5. The Morgan fingerprint density at radius 2 is 1.58 bits per heavy atom. The van der Waals surface area contributed by atoms with Gasteiger partial charge in [-0.3, -0.25) is 13.9 Å². The van der Waals surface area contributed by atoms with E-state index in [0.29, 0.717) is 27.9 Å². The predicted octanol–water partition coefficient (Wildman–Crippen LogP) is 6.28. The maximum Gasteiger partial charge on any atom is 0.264 e. The average Bonchev–Trinajstić information content (AvgIpc) is 3.03. The number of carbonyl (C=O) groups is 2. The molecule has 0 spiro atoms. The van der Waals surface area contributed by atoms with Crippen molar-refractivity contribution in [3.63, 3.8) is 0 Å². The van der Waals surface area contributed by atoms with Crippen LogP contribution in [0.5, 0.6) is 5.75 Å². The molecular weight excluding hydrogens is 633 g/mol. The molecule has 0 aliphatic heterocycles. The molecule has 0 saturated heterocycles. The van der Waals surface area contributed by atoms with Gasteiger partial charge in [-0.2, -0.15) is 0 Å². The Balaban J connectivity index is 1.81. The van der Waals surface area contributed by atoms with Gasteiger partial charge in [-0.05, 0) is 73.5 Å². The van der Waals surface area contributed by atoms with E-state index in [2.05, 4.69) is 5.32 Å². The number of ether oxygens (including phenoxy) is 1. The number of carbonyl (C=O) groups excluding carboxylic acids is 2. The lowest BCUT2D eigenvalue weighted by Gasteiger charge is -2.34. The Morgan fingerprint density at radius 1 is 0.911 bits per heavy atom. The van der Waals surface area contributed by atoms with Crippen molar-refractivity contribution in [2.24, 2.45) is 0 Å². The molecule has 1 N–H and O–H groups in total. The van der Waals surface area contributed by atoms with Crippen molar-refractivity contribution < 1.29 is 22.7 Å². The third kappa shape index (κ3) is 8.57. The summed E-state index contributed by atoms with van der Waals surface area (Å²) >= 11 is 12.7. The molecule has 0 bridgehead atoms. The normalized spacial score (nSPS) is 11.8. The molecule has 45 heavy (non-hydrogen) atoms. The van der Waals surface area contributed by atoms with Gasteiger partial charge in [-0.1, -0.05) is 77.3 Å². The van der Waals surface area contributed by atoms with Crippen LogP contribution in [-0.4, -0.2) is 51.4 Å². The summed E-state index contributed by atoms with van der Waals surface area (Å²) in [5, 5.41) is 3.57. The Morgan fingerprint density at radius 3 is 2.18 bits per heavy atom. The molecule has 0 fully saturated rings. The number of aryl methyl sites for hydroxylation is 1. The van der Waals surface area contributed by atoms with E-state index in [1.807, 2.05) is 37.3 Å². The first-order valence-electron chi connectivity index (χ1n) is 14.3. The number of nitrogens with one attached hydrogen (secondary N) is 1. The number of nitrogens with zero attached hydrogens (tertiary/aromatic N) is 2.